The van der Waals surface area contributed by atoms with Gasteiger partial charge in [0.05, 0.1) is 24.8 Å². The molecule has 4 heteroatoms. The maximum atomic E-state index is 12.7. The van der Waals surface area contributed by atoms with Crippen LogP contribution in [0.3, 0.4) is 0 Å². The summed E-state index contributed by atoms with van der Waals surface area (Å²) in [6, 6.07) is 3.48. The van der Waals surface area contributed by atoms with Crippen molar-refractivity contribution in [3.8, 4) is 29.9 Å². The first-order valence-corrected chi connectivity index (χ1v) is 7.50. The molecule has 1 aliphatic carbocycles. The molecule has 23 heavy (non-hydrogen) atoms. The lowest BCUT2D eigenvalue weighted by Crippen LogP contribution is -2.10. The molecule has 3 nitrogen and oxygen atoms in total. The number of benzene rings is 1. The van der Waals surface area contributed by atoms with Crippen molar-refractivity contribution >= 4 is 23.0 Å². The van der Waals surface area contributed by atoms with Gasteiger partial charge >= 0.3 is 0 Å². The van der Waals surface area contributed by atoms with Crippen LogP contribution in [-0.2, 0) is 9.53 Å². The molecule has 0 N–H and O–H groups in total. The van der Waals surface area contributed by atoms with Gasteiger partial charge in [-0.15, -0.1) is 18.3 Å². The fraction of sp³-hybridized carbons (Fsp3) is 0.316. The molecule has 0 aliphatic heterocycles. The largest absolute Gasteiger partial charge is 0.500 e. The van der Waals surface area contributed by atoms with Gasteiger partial charge in [0.15, 0.2) is 5.78 Å². The number of carbonyl (C=O) groups is 1. The second-order valence-electron chi connectivity index (χ2n) is 5.09. The molecule has 1 aliphatic rings. The molecule has 1 unspecified atom stereocenters. The minimum Gasteiger partial charge on any atom is -0.500 e. The fourth-order valence-corrected chi connectivity index (χ4v) is 3.02. The highest BCUT2D eigenvalue weighted by molar-refractivity contribution is 6.36. The van der Waals surface area contributed by atoms with Crippen molar-refractivity contribution in [2.24, 2.45) is 5.92 Å². The number of carbonyl (C=O) groups excluding carboxylic acids is 1. The van der Waals surface area contributed by atoms with Crippen LogP contribution in [0.4, 0.5) is 0 Å². The number of hydrogen-bond donors (Lipinski definition) is 0. The highest BCUT2D eigenvalue weighted by Gasteiger charge is 2.36. The van der Waals surface area contributed by atoms with Gasteiger partial charge in [-0.25, -0.2) is 0 Å². The molecule has 0 radical (unpaired) electrons. The van der Waals surface area contributed by atoms with Crippen LogP contribution in [0.1, 0.15) is 30.9 Å². The minimum absolute atomic E-state index is 0.0608. The van der Waals surface area contributed by atoms with Gasteiger partial charge in [0.2, 0.25) is 0 Å². The molecule has 1 atom stereocenters. The van der Waals surface area contributed by atoms with Crippen LogP contribution in [0.2, 0.25) is 5.02 Å². The Morgan fingerprint density at radius 3 is 2.65 bits per heavy atom. The summed E-state index contributed by atoms with van der Waals surface area (Å²) in [6.45, 7) is 1.74. The highest BCUT2D eigenvalue weighted by Crippen LogP contribution is 2.43. The third-order valence-electron chi connectivity index (χ3n) is 3.73. The van der Waals surface area contributed by atoms with Crippen molar-refractivity contribution in [2.75, 3.05) is 14.2 Å². The zero-order valence-corrected chi connectivity index (χ0v) is 14.1. The quantitative estimate of drug-likeness (QED) is 0.791. The summed E-state index contributed by atoms with van der Waals surface area (Å²) in [5.74, 6) is 9.03. The number of ether oxygens (including phenoxy) is 2. The molecule has 0 fully saturated rings. The van der Waals surface area contributed by atoms with E-state index in [1.165, 1.54) is 14.2 Å². The van der Waals surface area contributed by atoms with E-state index in [0.29, 0.717) is 40.5 Å². The van der Waals surface area contributed by atoms with Crippen molar-refractivity contribution in [1.29, 1.82) is 0 Å². The van der Waals surface area contributed by atoms with Crippen LogP contribution in [0.25, 0.3) is 5.57 Å². The zero-order valence-electron chi connectivity index (χ0n) is 13.3. The summed E-state index contributed by atoms with van der Waals surface area (Å²) < 4.78 is 10.8. The maximum Gasteiger partial charge on any atom is 0.171 e. The monoisotopic (exact) mass is 328 g/mol. The number of allylic oxidation sites excluding steroid dienone is 2. The van der Waals surface area contributed by atoms with Crippen molar-refractivity contribution in [3.05, 3.63) is 34.0 Å². The van der Waals surface area contributed by atoms with Gasteiger partial charge in [-0.3, -0.25) is 4.79 Å². The number of rotatable bonds is 4. The zero-order chi connectivity index (χ0) is 17.0. The van der Waals surface area contributed by atoms with Crippen LogP contribution in [0.5, 0.6) is 5.75 Å². The third-order valence-corrected chi connectivity index (χ3v) is 4.03. The normalized spacial score (nSPS) is 16.7. The van der Waals surface area contributed by atoms with Gasteiger partial charge in [-0.2, -0.15) is 0 Å². The van der Waals surface area contributed by atoms with Gasteiger partial charge in [-0.1, -0.05) is 17.5 Å². The molecule has 118 valence electrons. The maximum absolute atomic E-state index is 12.7. The molecular weight excluding hydrogens is 312 g/mol. The second kappa shape index (κ2) is 7.27. The van der Waals surface area contributed by atoms with E-state index in [4.69, 9.17) is 27.5 Å². The molecule has 0 heterocycles. The second-order valence-corrected chi connectivity index (χ2v) is 5.49. The van der Waals surface area contributed by atoms with Gasteiger partial charge in [0, 0.05) is 29.9 Å². The van der Waals surface area contributed by atoms with E-state index in [-0.39, 0.29) is 11.7 Å². The molecule has 0 aromatic heterocycles. The van der Waals surface area contributed by atoms with Gasteiger partial charge < -0.3 is 9.47 Å². The predicted molar refractivity (Wildman–Crippen MR) is 91.0 cm³/mol. The third kappa shape index (κ3) is 3.21. The molecular formula is C19H17ClO3. The Kier molecular flexibility index (Phi) is 5.37. The summed E-state index contributed by atoms with van der Waals surface area (Å²) in [5, 5.41) is 0.404. The fourth-order valence-electron chi connectivity index (χ4n) is 2.72. The lowest BCUT2D eigenvalue weighted by atomic mass is 9.95. The lowest BCUT2D eigenvalue weighted by Gasteiger charge is -2.13. The number of ketones is 1. The Bertz CT molecular complexity index is 772. The first kappa shape index (κ1) is 17.0. The standard InChI is InChI=1S/C19H17ClO3/c1-5-7-12-9-14(20)17(15(10-12)22-3)18-16(23-4)11-13(8-6-2)19(18)21/h2,9-10,13H,8,11H2,1,3-4H3. The van der Waals surface area contributed by atoms with E-state index in [0.717, 1.165) is 5.56 Å². The number of halogens is 1. The van der Waals surface area contributed by atoms with Crippen LogP contribution >= 0.6 is 11.6 Å². The summed E-state index contributed by atoms with van der Waals surface area (Å²) in [5.41, 5.74) is 1.71. The molecule has 0 spiro atoms. The van der Waals surface area contributed by atoms with Crippen LogP contribution in [-0.4, -0.2) is 20.0 Å². The molecule has 1 aromatic carbocycles. The van der Waals surface area contributed by atoms with E-state index in [2.05, 4.69) is 17.8 Å². The van der Waals surface area contributed by atoms with E-state index < -0.39 is 0 Å². The van der Waals surface area contributed by atoms with Crippen LogP contribution < -0.4 is 4.74 Å². The summed E-state index contributed by atoms with van der Waals surface area (Å²) in [6.07, 6.45) is 6.20. The smallest absolute Gasteiger partial charge is 0.171 e. The van der Waals surface area contributed by atoms with E-state index in [1.54, 1.807) is 19.1 Å². The highest BCUT2D eigenvalue weighted by atomic mass is 35.5. The van der Waals surface area contributed by atoms with Crippen LogP contribution in [0, 0.1) is 30.1 Å². The Labute approximate surface area is 141 Å². The Hall–Kier alpha value is -2.36. The SMILES string of the molecule is C#CCC1CC(OC)=C(c2c(Cl)cc(C#CC)cc2OC)C1=O. The summed E-state index contributed by atoms with van der Waals surface area (Å²) in [4.78, 5) is 12.7. The van der Waals surface area contributed by atoms with E-state index in [1.807, 2.05) is 0 Å². The summed E-state index contributed by atoms with van der Waals surface area (Å²) >= 11 is 6.41. The molecule has 0 saturated carbocycles. The lowest BCUT2D eigenvalue weighted by molar-refractivity contribution is -0.116. The van der Waals surface area contributed by atoms with E-state index >= 15 is 0 Å². The average Bonchev–Trinajstić information content (AvgIpc) is 2.84. The number of terminal acetylenes is 1. The van der Waals surface area contributed by atoms with Crippen molar-refractivity contribution in [3.63, 3.8) is 0 Å². The van der Waals surface area contributed by atoms with Crippen molar-refractivity contribution < 1.29 is 14.3 Å². The van der Waals surface area contributed by atoms with Gasteiger partial charge in [0.25, 0.3) is 0 Å². The molecule has 2 rings (SSSR count). The van der Waals surface area contributed by atoms with Gasteiger partial charge in [0.1, 0.15) is 11.5 Å². The Balaban J connectivity index is 2.62. The Morgan fingerprint density at radius 1 is 1.35 bits per heavy atom. The van der Waals surface area contributed by atoms with Crippen LogP contribution in [0.15, 0.2) is 17.9 Å². The number of Topliss-reactive ketones (excluding diaryl/α,β-unsaturated/α-hetero) is 1. The van der Waals surface area contributed by atoms with Crippen molar-refractivity contribution in [1.82, 2.24) is 0 Å². The molecule has 1 aromatic rings. The first-order chi connectivity index (χ1) is 11.1. The molecule has 0 saturated heterocycles. The average molecular weight is 329 g/mol. The number of methoxy groups -OCH3 is 2. The minimum atomic E-state index is -0.277. The first-order valence-electron chi connectivity index (χ1n) is 7.12. The molecule has 0 amide bonds. The van der Waals surface area contributed by atoms with Crippen molar-refractivity contribution in [2.45, 2.75) is 19.8 Å². The number of hydrogen-bond acceptors (Lipinski definition) is 3. The topological polar surface area (TPSA) is 35.5 Å². The summed E-state index contributed by atoms with van der Waals surface area (Å²) in [7, 11) is 3.07. The molecule has 0 bridgehead atoms. The van der Waals surface area contributed by atoms with Gasteiger partial charge in [-0.05, 0) is 19.1 Å². The predicted octanol–water partition coefficient (Wildman–Crippen LogP) is 3.69. The Morgan fingerprint density at radius 2 is 2.09 bits per heavy atom. The van der Waals surface area contributed by atoms with E-state index in [9.17, 15) is 4.79 Å².